The number of alkyl halides is 3. The van der Waals surface area contributed by atoms with Gasteiger partial charge in [-0.3, -0.25) is 9.78 Å². The molecule has 0 aliphatic carbocycles. The van der Waals surface area contributed by atoms with Gasteiger partial charge in [-0.1, -0.05) is 0 Å². The maximum atomic E-state index is 12.0. The van der Waals surface area contributed by atoms with E-state index >= 15 is 0 Å². The lowest BCUT2D eigenvalue weighted by molar-refractivity contribution is -0.137. The van der Waals surface area contributed by atoms with Crippen molar-refractivity contribution in [3.8, 4) is 0 Å². The van der Waals surface area contributed by atoms with Crippen LogP contribution in [0.15, 0.2) is 12.3 Å². The van der Waals surface area contributed by atoms with Crippen molar-refractivity contribution in [1.29, 1.82) is 0 Å². The minimum atomic E-state index is -4.53. The molecule has 1 aromatic rings. The minimum absolute atomic E-state index is 0.519. The van der Waals surface area contributed by atoms with Crippen molar-refractivity contribution in [2.24, 2.45) is 5.73 Å². The standard InChI is InChI=1S/C7H4F3N2O/c8-7(9,10)4-1-2-12-5(3-4)6(11)13/h1-2H,(H2,11,13). The molecule has 13 heavy (non-hydrogen) atoms. The molecule has 0 unspecified atom stereocenters. The average Bonchev–Trinajstić information content (AvgIpc) is 2.03. The summed E-state index contributed by atoms with van der Waals surface area (Å²) < 4.78 is 36.1. The van der Waals surface area contributed by atoms with Gasteiger partial charge in [0.2, 0.25) is 0 Å². The van der Waals surface area contributed by atoms with Crippen LogP contribution in [0.4, 0.5) is 13.2 Å². The Morgan fingerprint density at radius 2 is 2.15 bits per heavy atom. The SMILES string of the molecule is NC(=O)c1[c]c(C(F)(F)F)ccn1. The van der Waals surface area contributed by atoms with E-state index in [-0.39, 0.29) is 0 Å². The summed E-state index contributed by atoms with van der Waals surface area (Å²) in [7, 11) is 0. The molecule has 2 N–H and O–H groups in total. The number of primary amides is 1. The summed E-state index contributed by atoms with van der Waals surface area (Å²) in [4.78, 5) is 13.8. The Hall–Kier alpha value is -1.59. The van der Waals surface area contributed by atoms with Gasteiger partial charge in [-0.15, -0.1) is 0 Å². The largest absolute Gasteiger partial charge is 0.417 e. The van der Waals surface area contributed by atoms with Gasteiger partial charge in [0.15, 0.2) is 0 Å². The van der Waals surface area contributed by atoms with Crippen LogP contribution in [0, 0.1) is 6.07 Å². The first-order chi connectivity index (χ1) is 5.91. The summed E-state index contributed by atoms with van der Waals surface area (Å²) in [5.41, 5.74) is 3.15. The van der Waals surface area contributed by atoms with Crippen LogP contribution in [0.1, 0.15) is 16.1 Å². The molecule has 0 fully saturated rings. The molecule has 3 nitrogen and oxygen atoms in total. The summed E-state index contributed by atoms with van der Waals surface area (Å²) in [5, 5.41) is 0. The number of hydrogen-bond donors (Lipinski definition) is 1. The van der Waals surface area contributed by atoms with E-state index in [1.54, 1.807) is 6.07 Å². The molecule has 1 amide bonds. The topological polar surface area (TPSA) is 56.0 Å². The molecule has 0 aliphatic rings. The molecule has 0 saturated heterocycles. The lowest BCUT2D eigenvalue weighted by Crippen LogP contribution is -2.15. The fraction of sp³-hybridized carbons (Fsp3) is 0.143. The van der Waals surface area contributed by atoms with Crippen LogP contribution < -0.4 is 5.73 Å². The fourth-order valence-corrected chi connectivity index (χ4v) is 0.678. The third kappa shape index (κ3) is 2.17. The van der Waals surface area contributed by atoms with Gasteiger partial charge in [0.1, 0.15) is 5.69 Å². The third-order valence-corrected chi connectivity index (χ3v) is 1.24. The summed E-state index contributed by atoms with van der Waals surface area (Å²) in [6, 6.07) is 2.49. The summed E-state index contributed by atoms with van der Waals surface area (Å²) in [5.74, 6) is -1.04. The van der Waals surface area contributed by atoms with E-state index in [9.17, 15) is 18.0 Å². The second kappa shape index (κ2) is 3.04. The Morgan fingerprint density at radius 1 is 1.54 bits per heavy atom. The van der Waals surface area contributed by atoms with Crippen LogP contribution in [0.3, 0.4) is 0 Å². The third-order valence-electron chi connectivity index (χ3n) is 1.24. The Bertz CT molecular complexity index is 335. The van der Waals surface area contributed by atoms with Crippen molar-refractivity contribution in [3.05, 3.63) is 29.6 Å². The molecule has 1 heterocycles. The number of pyridine rings is 1. The van der Waals surface area contributed by atoms with Crippen molar-refractivity contribution in [1.82, 2.24) is 4.98 Å². The molecule has 1 aromatic heterocycles. The highest BCUT2D eigenvalue weighted by atomic mass is 19.4. The van der Waals surface area contributed by atoms with Crippen LogP contribution in [-0.2, 0) is 6.18 Å². The molecule has 0 bridgehead atoms. The monoisotopic (exact) mass is 189 g/mol. The van der Waals surface area contributed by atoms with Gasteiger partial charge in [-0.05, 0) is 6.07 Å². The van der Waals surface area contributed by atoms with Crippen molar-refractivity contribution in [2.45, 2.75) is 6.18 Å². The zero-order valence-electron chi connectivity index (χ0n) is 6.22. The lowest BCUT2D eigenvalue weighted by atomic mass is 10.2. The summed E-state index contributed by atoms with van der Waals surface area (Å²) in [6.07, 6.45) is -3.67. The van der Waals surface area contributed by atoms with E-state index in [1.165, 1.54) is 0 Å². The highest BCUT2D eigenvalue weighted by Gasteiger charge is 2.31. The molecule has 69 valence electrons. The number of carbonyl (C=O) groups is 1. The molecule has 1 rings (SSSR count). The first-order valence-corrected chi connectivity index (χ1v) is 3.16. The molecular formula is C7H4F3N2O. The van der Waals surface area contributed by atoms with E-state index in [2.05, 4.69) is 4.98 Å². The van der Waals surface area contributed by atoms with E-state index in [0.29, 0.717) is 6.07 Å². The molecular weight excluding hydrogens is 185 g/mol. The van der Waals surface area contributed by atoms with E-state index in [0.717, 1.165) is 6.20 Å². The second-order valence-electron chi connectivity index (χ2n) is 2.19. The number of amides is 1. The molecule has 0 aromatic carbocycles. The lowest BCUT2D eigenvalue weighted by Gasteiger charge is -2.05. The van der Waals surface area contributed by atoms with Crippen molar-refractivity contribution >= 4 is 5.91 Å². The van der Waals surface area contributed by atoms with Crippen molar-refractivity contribution in [2.75, 3.05) is 0 Å². The highest BCUT2D eigenvalue weighted by molar-refractivity contribution is 5.90. The Morgan fingerprint density at radius 3 is 2.62 bits per heavy atom. The zero-order chi connectivity index (χ0) is 10.1. The van der Waals surface area contributed by atoms with Gasteiger partial charge in [0.25, 0.3) is 5.91 Å². The van der Waals surface area contributed by atoms with Gasteiger partial charge in [-0.2, -0.15) is 13.2 Å². The van der Waals surface area contributed by atoms with Gasteiger partial charge in [-0.25, -0.2) is 0 Å². The van der Waals surface area contributed by atoms with E-state index in [4.69, 9.17) is 5.73 Å². The number of hydrogen-bond acceptors (Lipinski definition) is 2. The number of carbonyl (C=O) groups excluding carboxylic acids is 1. The van der Waals surface area contributed by atoms with E-state index in [1.807, 2.05) is 0 Å². The zero-order valence-corrected chi connectivity index (χ0v) is 6.22. The number of halogens is 3. The second-order valence-corrected chi connectivity index (χ2v) is 2.19. The predicted octanol–water partition coefficient (Wildman–Crippen LogP) is 0.999. The van der Waals surface area contributed by atoms with Crippen molar-refractivity contribution < 1.29 is 18.0 Å². The minimum Gasteiger partial charge on any atom is -0.364 e. The Labute approximate surface area is 71.4 Å². The number of nitrogens with two attached hydrogens (primary N) is 1. The van der Waals surface area contributed by atoms with Gasteiger partial charge in [0.05, 0.1) is 5.56 Å². The summed E-state index contributed by atoms with van der Waals surface area (Å²) in [6.45, 7) is 0. The molecule has 0 saturated carbocycles. The fourth-order valence-electron chi connectivity index (χ4n) is 0.678. The Balaban J connectivity index is 3.13. The molecule has 0 spiro atoms. The Kier molecular flexibility index (Phi) is 2.22. The number of nitrogens with zero attached hydrogens (tertiary/aromatic N) is 1. The highest BCUT2D eigenvalue weighted by Crippen LogP contribution is 2.28. The first-order valence-electron chi connectivity index (χ1n) is 3.16. The number of aromatic nitrogens is 1. The van der Waals surface area contributed by atoms with E-state index < -0.39 is 23.3 Å². The molecule has 0 aliphatic heterocycles. The van der Waals surface area contributed by atoms with Crippen molar-refractivity contribution in [3.63, 3.8) is 0 Å². The van der Waals surface area contributed by atoms with Gasteiger partial charge in [0, 0.05) is 12.3 Å². The number of rotatable bonds is 1. The predicted molar refractivity (Wildman–Crippen MR) is 36.6 cm³/mol. The quantitative estimate of drug-likeness (QED) is 0.716. The molecule has 1 radical (unpaired) electrons. The maximum absolute atomic E-state index is 12.0. The maximum Gasteiger partial charge on any atom is 0.417 e. The van der Waals surface area contributed by atoms with Gasteiger partial charge < -0.3 is 5.73 Å². The normalized spacial score (nSPS) is 11.3. The summed E-state index contributed by atoms with van der Waals surface area (Å²) >= 11 is 0. The average molecular weight is 189 g/mol. The van der Waals surface area contributed by atoms with Gasteiger partial charge >= 0.3 is 6.18 Å². The van der Waals surface area contributed by atoms with Crippen LogP contribution in [0.5, 0.6) is 0 Å². The van der Waals surface area contributed by atoms with Crippen LogP contribution in [0.25, 0.3) is 0 Å². The van der Waals surface area contributed by atoms with Crippen LogP contribution >= 0.6 is 0 Å². The first kappa shape index (κ1) is 9.50. The molecule has 6 heteroatoms. The molecule has 0 atom stereocenters. The smallest absolute Gasteiger partial charge is 0.364 e. The van der Waals surface area contributed by atoms with Crippen LogP contribution in [0.2, 0.25) is 0 Å². The van der Waals surface area contributed by atoms with Crippen LogP contribution in [-0.4, -0.2) is 10.9 Å².